The van der Waals surface area contributed by atoms with E-state index in [9.17, 15) is 4.79 Å². The predicted molar refractivity (Wildman–Crippen MR) is 129 cm³/mol. The fourth-order valence-electron chi connectivity index (χ4n) is 4.95. The maximum Gasteiger partial charge on any atom is 0.262 e. The summed E-state index contributed by atoms with van der Waals surface area (Å²) in [7, 11) is 0. The quantitative estimate of drug-likeness (QED) is 0.657. The van der Waals surface area contributed by atoms with Crippen molar-refractivity contribution in [2.45, 2.75) is 77.2 Å². The van der Waals surface area contributed by atoms with Crippen LogP contribution in [0, 0.1) is 5.92 Å². The first-order chi connectivity index (χ1) is 15.7. The van der Waals surface area contributed by atoms with Crippen molar-refractivity contribution in [3.05, 3.63) is 28.4 Å². The van der Waals surface area contributed by atoms with Gasteiger partial charge in [-0.2, -0.15) is 5.10 Å². The van der Waals surface area contributed by atoms with Crippen LogP contribution < -0.4 is 14.9 Å². The Morgan fingerprint density at radius 3 is 2.75 bits per heavy atom. The number of benzene rings is 1. The molecule has 6 nitrogen and oxygen atoms in total. The van der Waals surface area contributed by atoms with Crippen LogP contribution in [0.4, 0.5) is 5.69 Å². The number of carbonyl (C=O) groups excluding carboxylic acids is 1. The summed E-state index contributed by atoms with van der Waals surface area (Å²) in [4.78, 5) is 17.9. The van der Waals surface area contributed by atoms with E-state index in [1.807, 2.05) is 18.2 Å². The second-order valence-corrected chi connectivity index (χ2v) is 10.0. The summed E-state index contributed by atoms with van der Waals surface area (Å²) < 4.78 is 7.61. The van der Waals surface area contributed by atoms with Gasteiger partial charge in [-0.1, -0.05) is 32.6 Å². The zero-order chi connectivity index (χ0) is 21.9. The summed E-state index contributed by atoms with van der Waals surface area (Å²) in [6, 6.07) is 6.37. The lowest BCUT2D eigenvalue weighted by Gasteiger charge is -2.22. The van der Waals surface area contributed by atoms with Gasteiger partial charge in [0, 0.05) is 16.7 Å². The molecule has 0 radical (unpaired) electrons. The van der Waals surface area contributed by atoms with Crippen LogP contribution in [0.15, 0.2) is 33.7 Å². The van der Waals surface area contributed by atoms with Crippen molar-refractivity contribution >= 4 is 28.6 Å². The number of ether oxygens (including phenoxy) is 1. The molecule has 1 aromatic heterocycles. The SMILES string of the molecule is CCC1CCC(=Nn2c(-c3ccc4c(c3)NC(=O)CO4)csc2=NC2CCCCC2)CC1. The predicted octanol–water partition coefficient (Wildman–Crippen LogP) is 5.59. The number of fused-ring (bicyclic) bond motifs is 1. The monoisotopic (exact) mass is 452 g/mol. The van der Waals surface area contributed by atoms with E-state index in [2.05, 4.69) is 22.3 Å². The van der Waals surface area contributed by atoms with Crippen molar-refractivity contribution in [3.63, 3.8) is 0 Å². The molecule has 7 heteroatoms. The number of anilines is 1. The van der Waals surface area contributed by atoms with E-state index in [0.717, 1.165) is 40.5 Å². The second-order valence-electron chi connectivity index (χ2n) is 9.20. The molecule has 1 amide bonds. The molecule has 2 saturated carbocycles. The smallest absolute Gasteiger partial charge is 0.262 e. The van der Waals surface area contributed by atoms with E-state index in [1.54, 1.807) is 11.3 Å². The normalized spacial score (nSPS) is 22.3. The molecule has 0 bridgehead atoms. The highest BCUT2D eigenvalue weighted by Gasteiger charge is 2.20. The van der Waals surface area contributed by atoms with Gasteiger partial charge < -0.3 is 10.1 Å². The minimum absolute atomic E-state index is 0.0711. The number of hydrogen-bond acceptors (Lipinski definition) is 5. The van der Waals surface area contributed by atoms with Crippen LogP contribution in [0.3, 0.4) is 0 Å². The maximum atomic E-state index is 11.8. The highest BCUT2D eigenvalue weighted by atomic mass is 32.1. The van der Waals surface area contributed by atoms with E-state index in [4.69, 9.17) is 14.8 Å². The minimum Gasteiger partial charge on any atom is -0.482 e. The third kappa shape index (κ3) is 4.68. The van der Waals surface area contributed by atoms with Gasteiger partial charge in [0.05, 0.1) is 17.4 Å². The Morgan fingerprint density at radius 2 is 1.97 bits per heavy atom. The van der Waals surface area contributed by atoms with E-state index in [0.29, 0.717) is 11.8 Å². The molecule has 0 saturated heterocycles. The van der Waals surface area contributed by atoms with Crippen LogP contribution in [-0.4, -0.2) is 28.9 Å². The third-order valence-corrected chi connectivity index (χ3v) is 7.79. The molecule has 2 aromatic rings. The van der Waals surface area contributed by atoms with Crippen LogP contribution in [0.5, 0.6) is 5.75 Å². The number of nitrogens with zero attached hydrogens (tertiary/aromatic N) is 3. The van der Waals surface area contributed by atoms with Crippen molar-refractivity contribution in [1.29, 1.82) is 0 Å². The van der Waals surface area contributed by atoms with Gasteiger partial charge >= 0.3 is 0 Å². The number of hydrogen-bond donors (Lipinski definition) is 1. The van der Waals surface area contributed by atoms with Crippen LogP contribution in [0.25, 0.3) is 11.3 Å². The Morgan fingerprint density at radius 1 is 1.16 bits per heavy atom. The lowest BCUT2D eigenvalue weighted by atomic mass is 9.86. The molecule has 0 spiro atoms. The molecular weight excluding hydrogens is 420 g/mol. The van der Waals surface area contributed by atoms with Crippen LogP contribution in [0.1, 0.15) is 71.1 Å². The molecule has 5 rings (SSSR count). The second kappa shape index (κ2) is 9.61. The third-order valence-electron chi connectivity index (χ3n) is 6.96. The summed E-state index contributed by atoms with van der Waals surface area (Å²) in [5, 5.41) is 10.2. The van der Waals surface area contributed by atoms with Crippen molar-refractivity contribution < 1.29 is 9.53 Å². The molecule has 1 N–H and O–H groups in total. The van der Waals surface area contributed by atoms with Crippen LogP contribution in [-0.2, 0) is 4.79 Å². The number of rotatable bonds is 4. The molecule has 0 atom stereocenters. The summed E-state index contributed by atoms with van der Waals surface area (Å²) in [5.41, 5.74) is 4.03. The molecule has 170 valence electrons. The summed E-state index contributed by atoms with van der Waals surface area (Å²) in [6.07, 6.45) is 12.1. The Bertz CT molecular complexity index is 1070. The zero-order valence-corrected chi connectivity index (χ0v) is 19.6. The number of aromatic nitrogens is 1. The topological polar surface area (TPSA) is 68.0 Å². The molecule has 2 heterocycles. The fourth-order valence-corrected chi connectivity index (χ4v) is 5.85. The molecular formula is C25H32N4O2S. The summed E-state index contributed by atoms with van der Waals surface area (Å²) in [5.74, 6) is 1.43. The van der Waals surface area contributed by atoms with Gasteiger partial charge in [-0.05, 0) is 62.6 Å². The van der Waals surface area contributed by atoms with Crippen LogP contribution >= 0.6 is 11.3 Å². The van der Waals surface area contributed by atoms with E-state index in [-0.39, 0.29) is 12.5 Å². The highest BCUT2D eigenvalue weighted by molar-refractivity contribution is 7.07. The first-order valence-electron chi connectivity index (χ1n) is 12.1. The standard InChI is InChI=1S/C25H32N4O2S/c1-2-17-8-11-20(12-9-17)28-29-22(16-32-25(29)26-19-6-4-3-5-7-19)18-10-13-23-21(14-18)27-24(30)15-31-23/h10,13-14,16-17,19H,2-9,11-12,15H2,1H3,(H,27,30). The fraction of sp³-hybridized carbons (Fsp3) is 0.560. The van der Waals surface area contributed by atoms with Gasteiger partial charge in [0.25, 0.3) is 5.91 Å². The largest absolute Gasteiger partial charge is 0.482 e. The van der Waals surface area contributed by atoms with E-state index >= 15 is 0 Å². The lowest BCUT2D eigenvalue weighted by Crippen LogP contribution is -2.25. The minimum atomic E-state index is -0.117. The average molecular weight is 453 g/mol. The van der Waals surface area contributed by atoms with E-state index in [1.165, 1.54) is 57.1 Å². The molecule has 0 unspecified atom stereocenters. The summed E-state index contributed by atoms with van der Waals surface area (Å²) in [6.45, 7) is 2.36. The number of carbonyl (C=O) groups is 1. The van der Waals surface area contributed by atoms with Gasteiger partial charge in [-0.3, -0.25) is 9.79 Å². The molecule has 3 aliphatic rings. The van der Waals surface area contributed by atoms with Gasteiger partial charge in [-0.15, -0.1) is 11.3 Å². The van der Waals surface area contributed by atoms with Crippen molar-refractivity contribution in [1.82, 2.24) is 4.68 Å². The van der Waals surface area contributed by atoms with Gasteiger partial charge in [0.2, 0.25) is 4.80 Å². The van der Waals surface area contributed by atoms with Crippen molar-refractivity contribution in [2.24, 2.45) is 16.0 Å². The van der Waals surface area contributed by atoms with Crippen LogP contribution in [0.2, 0.25) is 0 Å². The Hall–Kier alpha value is -2.41. The molecule has 2 fully saturated rings. The van der Waals surface area contributed by atoms with E-state index < -0.39 is 0 Å². The number of thiazole rings is 1. The number of amides is 1. The maximum absolute atomic E-state index is 11.8. The van der Waals surface area contributed by atoms with Crippen molar-refractivity contribution in [2.75, 3.05) is 11.9 Å². The first kappa shape index (κ1) is 21.4. The lowest BCUT2D eigenvalue weighted by molar-refractivity contribution is -0.118. The highest BCUT2D eigenvalue weighted by Crippen LogP contribution is 2.33. The van der Waals surface area contributed by atoms with Gasteiger partial charge in [0.1, 0.15) is 5.75 Å². The van der Waals surface area contributed by atoms with Crippen molar-refractivity contribution in [3.8, 4) is 17.0 Å². The molecule has 2 aliphatic carbocycles. The zero-order valence-electron chi connectivity index (χ0n) is 18.8. The Labute approximate surface area is 193 Å². The Balaban J connectivity index is 1.53. The molecule has 1 aliphatic heterocycles. The summed E-state index contributed by atoms with van der Waals surface area (Å²) >= 11 is 1.67. The Kier molecular flexibility index (Phi) is 6.44. The number of nitrogens with one attached hydrogen (secondary N) is 1. The van der Waals surface area contributed by atoms with Gasteiger partial charge in [-0.25, -0.2) is 4.68 Å². The molecule has 1 aromatic carbocycles. The molecule has 32 heavy (non-hydrogen) atoms. The average Bonchev–Trinajstić information content (AvgIpc) is 3.21. The first-order valence-corrected chi connectivity index (χ1v) is 13.0. The van der Waals surface area contributed by atoms with Gasteiger partial charge in [0.15, 0.2) is 6.61 Å².